The molecular formula is C12H17N3O5. The second-order valence-corrected chi connectivity index (χ2v) is 4.23. The molecule has 0 aromatic carbocycles. The molecule has 8 nitrogen and oxygen atoms in total. The summed E-state index contributed by atoms with van der Waals surface area (Å²) in [7, 11) is 2.89. The van der Waals surface area contributed by atoms with Gasteiger partial charge >= 0.3 is 11.7 Å². The van der Waals surface area contributed by atoms with Crippen LogP contribution in [0.5, 0.6) is 0 Å². The summed E-state index contributed by atoms with van der Waals surface area (Å²) in [4.78, 5) is 48.6. The van der Waals surface area contributed by atoms with Gasteiger partial charge in [-0.15, -0.1) is 0 Å². The first-order chi connectivity index (χ1) is 9.43. The molecule has 8 heteroatoms. The van der Waals surface area contributed by atoms with Gasteiger partial charge in [-0.3, -0.25) is 23.9 Å². The number of H-pyrrole nitrogens is 1. The molecule has 1 aromatic rings. The van der Waals surface area contributed by atoms with Crippen molar-refractivity contribution in [3.8, 4) is 0 Å². The third kappa shape index (κ3) is 4.71. The number of likely N-dealkylation sites (N-methyl/N-ethyl adjacent to an activating group) is 1. The van der Waals surface area contributed by atoms with Crippen molar-refractivity contribution in [1.29, 1.82) is 0 Å². The van der Waals surface area contributed by atoms with Gasteiger partial charge in [0, 0.05) is 32.3 Å². The van der Waals surface area contributed by atoms with E-state index in [2.05, 4.69) is 9.72 Å². The van der Waals surface area contributed by atoms with Crippen molar-refractivity contribution < 1.29 is 14.3 Å². The number of aromatic amines is 1. The highest BCUT2D eigenvalue weighted by Gasteiger charge is 2.11. The van der Waals surface area contributed by atoms with E-state index in [1.54, 1.807) is 7.05 Å². The number of ether oxygens (including phenoxy) is 1. The van der Waals surface area contributed by atoms with Crippen LogP contribution in [0.15, 0.2) is 21.9 Å². The Hall–Kier alpha value is -2.38. The molecule has 0 aliphatic carbocycles. The third-order valence-electron chi connectivity index (χ3n) is 2.73. The predicted molar refractivity (Wildman–Crippen MR) is 70.2 cm³/mol. The number of amides is 1. The van der Waals surface area contributed by atoms with Gasteiger partial charge in [0.1, 0.15) is 6.54 Å². The SMILES string of the molecule is COC(=O)CCCN(C)C(=O)Cn1ccc(=O)[nH]c1=O. The van der Waals surface area contributed by atoms with Crippen LogP contribution in [-0.2, 0) is 20.9 Å². The van der Waals surface area contributed by atoms with Crippen LogP contribution >= 0.6 is 0 Å². The van der Waals surface area contributed by atoms with E-state index in [4.69, 9.17) is 0 Å². The Bertz CT molecular complexity index is 589. The number of hydrogen-bond acceptors (Lipinski definition) is 5. The summed E-state index contributed by atoms with van der Waals surface area (Å²) in [6.07, 6.45) is 1.98. The highest BCUT2D eigenvalue weighted by atomic mass is 16.5. The van der Waals surface area contributed by atoms with E-state index in [-0.39, 0.29) is 24.8 Å². The lowest BCUT2D eigenvalue weighted by molar-refractivity contribution is -0.141. The summed E-state index contributed by atoms with van der Waals surface area (Å²) >= 11 is 0. The van der Waals surface area contributed by atoms with Crippen LogP contribution in [0.2, 0.25) is 0 Å². The van der Waals surface area contributed by atoms with Crippen molar-refractivity contribution in [2.24, 2.45) is 0 Å². The first kappa shape index (κ1) is 15.7. The molecule has 110 valence electrons. The lowest BCUT2D eigenvalue weighted by Crippen LogP contribution is -2.36. The summed E-state index contributed by atoms with van der Waals surface area (Å²) < 4.78 is 5.61. The molecule has 20 heavy (non-hydrogen) atoms. The standard InChI is InChI=1S/C12H17N3O5/c1-14(6-3-4-11(18)20-2)10(17)8-15-7-5-9(16)13-12(15)19/h5,7H,3-4,6,8H2,1-2H3,(H,13,16,19). The van der Waals surface area contributed by atoms with Gasteiger partial charge in [-0.1, -0.05) is 0 Å². The number of hydrogen-bond donors (Lipinski definition) is 1. The van der Waals surface area contributed by atoms with E-state index < -0.39 is 11.2 Å². The zero-order valence-electron chi connectivity index (χ0n) is 11.4. The molecular weight excluding hydrogens is 266 g/mol. The van der Waals surface area contributed by atoms with Gasteiger partial charge in [0.25, 0.3) is 5.56 Å². The van der Waals surface area contributed by atoms with Crippen LogP contribution in [0.25, 0.3) is 0 Å². The molecule has 0 bridgehead atoms. The summed E-state index contributed by atoms with van der Waals surface area (Å²) in [5.74, 6) is -0.619. The molecule has 1 rings (SSSR count). The maximum absolute atomic E-state index is 11.9. The number of carbonyl (C=O) groups is 2. The van der Waals surface area contributed by atoms with E-state index >= 15 is 0 Å². The van der Waals surface area contributed by atoms with Crippen LogP contribution in [0.1, 0.15) is 12.8 Å². The fourth-order valence-corrected chi connectivity index (χ4v) is 1.52. The minimum atomic E-state index is -0.631. The fourth-order valence-electron chi connectivity index (χ4n) is 1.52. The second-order valence-electron chi connectivity index (χ2n) is 4.23. The summed E-state index contributed by atoms with van der Waals surface area (Å²) in [6.45, 7) is 0.219. The minimum absolute atomic E-state index is 0.162. The van der Waals surface area contributed by atoms with Crippen LogP contribution in [-0.4, -0.2) is 47.0 Å². The molecule has 1 N–H and O–H groups in total. The Labute approximate surface area is 115 Å². The first-order valence-electron chi connectivity index (χ1n) is 6.04. The Morgan fingerprint density at radius 3 is 2.70 bits per heavy atom. The number of carbonyl (C=O) groups excluding carboxylic acids is 2. The number of nitrogens with one attached hydrogen (secondary N) is 1. The van der Waals surface area contributed by atoms with Gasteiger partial charge in [0.2, 0.25) is 5.91 Å². The van der Waals surface area contributed by atoms with Gasteiger partial charge in [0.15, 0.2) is 0 Å². The zero-order valence-corrected chi connectivity index (χ0v) is 11.4. The lowest BCUT2D eigenvalue weighted by atomic mass is 10.3. The molecule has 0 unspecified atom stereocenters. The quantitative estimate of drug-likeness (QED) is 0.671. The molecule has 0 radical (unpaired) electrons. The van der Waals surface area contributed by atoms with Crippen LogP contribution in [0.4, 0.5) is 0 Å². The van der Waals surface area contributed by atoms with Crippen molar-refractivity contribution >= 4 is 11.9 Å². The van der Waals surface area contributed by atoms with Crippen molar-refractivity contribution in [3.05, 3.63) is 33.1 Å². The average molecular weight is 283 g/mol. The van der Waals surface area contributed by atoms with E-state index in [0.29, 0.717) is 13.0 Å². The second kappa shape index (κ2) is 7.27. The van der Waals surface area contributed by atoms with Gasteiger partial charge in [-0.2, -0.15) is 0 Å². The third-order valence-corrected chi connectivity index (χ3v) is 2.73. The number of aromatic nitrogens is 2. The highest BCUT2D eigenvalue weighted by Crippen LogP contribution is 1.96. The summed E-state index contributed by atoms with van der Waals surface area (Å²) in [5.41, 5.74) is -1.14. The van der Waals surface area contributed by atoms with Gasteiger partial charge in [0.05, 0.1) is 7.11 Å². The van der Waals surface area contributed by atoms with E-state index in [9.17, 15) is 19.2 Å². The van der Waals surface area contributed by atoms with Crippen molar-refractivity contribution in [2.45, 2.75) is 19.4 Å². The molecule has 0 saturated carbocycles. The van der Waals surface area contributed by atoms with Crippen LogP contribution < -0.4 is 11.2 Å². The van der Waals surface area contributed by atoms with E-state index in [0.717, 1.165) is 4.57 Å². The Balaban J connectivity index is 2.51. The number of methoxy groups -OCH3 is 1. The van der Waals surface area contributed by atoms with Gasteiger partial charge in [-0.05, 0) is 6.42 Å². The molecule has 1 amide bonds. The largest absolute Gasteiger partial charge is 0.469 e. The number of nitrogens with zero attached hydrogens (tertiary/aromatic N) is 2. The van der Waals surface area contributed by atoms with Gasteiger partial charge in [-0.25, -0.2) is 4.79 Å². The topological polar surface area (TPSA) is 101 Å². The van der Waals surface area contributed by atoms with Crippen molar-refractivity contribution in [2.75, 3.05) is 20.7 Å². The van der Waals surface area contributed by atoms with Crippen LogP contribution in [0.3, 0.4) is 0 Å². The molecule has 0 fully saturated rings. The van der Waals surface area contributed by atoms with Crippen LogP contribution in [0, 0.1) is 0 Å². The molecule has 0 aliphatic rings. The zero-order chi connectivity index (χ0) is 15.1. The van der Waals surface area contributed by atoms with Gasteiger partial charge < -0.3 is 9.64 Å². The normalized spacial score (nSPS) is 10.1. The monoisotopic (exact) mass is 283 g/mol. The Morgan fingerprint density at radius 2 is 2.10 bits per heavy atom. The maximum Gasteiger partial charge on any atom is 0.328 e. The molecule has 0 saturated heterocycles. The molecule has 0 aliphatic heterocycles. The summed E-state index contributed by atoms with van der Waals surface area (Å²) in [5, 5.41) is 0. The minimum Gasteiger partial charge on any atom is -0.469 e. The molecule has 1 aromatic heterocycles. The number of rotatable bonds is 6. The van der Waals surface area contributed by atoms with E-state index in [1.165, 1.54) is 24.3 Å². The molecule has 1 heterocycles. The highest BCUT2D eigenvalue weighted by molar-refractivity contribution is 5.75. The maximum atomic E-state index is 11.9. The molecule has 0 spiro atoms. The predicted octanol–water partition coefficient (Wildman–Crippen LogP) is -1.05. The van der Waals surface area contributed by atoms with Crippen molar-refractivity contribution in [1.82, 2.24) is 14.5 Å². The van der Waals surface area contributed by atoms with E-state index in [1.807, 2.05) is 0 Å². The Morgan fingerprint density at radius 1 is 1.40 bits per heavy atom. The first-order valence-corrected chi connectivity index (χ1v) is 6.04. The van der Waals surface area contributed by atoms with Crippen molar-refractivity contribution in [3.63, 3.8) is 0 Å². The lowest BCUT2D eigenvalue weighted by Gasteiger charge is -2.17. The molecule has 0 atom stereocenters. The smallest absolute Gasteiger partial charge is 0.328 e. The average Bonchev–Trinajstić information content (AvgIpc) is 2.41. The summed E-state index contributed by atoms with van der Waals surface area (Å²) in [6, 6.07) is 1.17. The number of esters is 1. The Kier molecular flexibility index (Phi) is 5.70. The fraction of sp³-hybridized carbons (Fsp3) is 0.500.